The highest BCUT2D eigenvalue weighted by atomic mass is 127. The zero-order valence-corrected chi connectivity index (χ0v) is 18.9. The van der Waals surface area contributed by atoms with Crippen LogP contribution in [0.5, 0.6) is 5.75 Å². The molecular weight excluding hydrogens is 481 g/mol. The molecule has 28 heavy (non-hydrogen) atoms. The summed E-state index contributed by atoms with van der Waals surface area (Å²) in [6.45, 7) is 6.90. The van der Waals surface area contributed by atoms with Gasteiger partial charge in [0.2, 0.25) is 0 Å². The van der Waals surface area contributed by atoms with Crippen LogP contribution < -0.4 is 10.1 Å². The van der Waals surface area contributed by atoms with E-state index in [4.69, 9.17) is 4.74 Å². The summed E-state index contributed by atoms with van der Waals surface area (Å²) in [6.07, 6.45) is 1.63. The van der Waals surface area contributed by atoms with Crippen LogP contribution in [0.2, 0.25) is 0 Å². The van der Waals surface area contributed by atoms with E-state index in [1.165, 1.54) is 19.6 Å². The second kappa shape index (κ2) is 8.05. The first-order valence-corrected chi connectivity index (χ1v) is 11.0. The smallest absolute Gasteiger partial charge is 0.143 e. The van der Waals surface area contributed by atoms with E-state index in [1.807, 2.05) is 19.1 Å². The lowest BCUT2D eigenvalue weighted by atomic mass is 10.0. The van der Waals surface area contributed by atoms with Gasteiger partial charge in [0, 0.05) is 19.7 Å². The lowest BCUT2D eigenvalue weighted by Gasteiger charge is -2.12. The molecule has 0 saturated carbocycles. The first-order valence-electron chi connectivity index (χ1n) is 9.07. The van der Waals surface area contributed by atoms with Gasteiger partial charge in [-0.15, -0.1) is 11.3 Å². The number of aromatic nitrogens is 2. The summed E-state index contributed by atoms with van der Waals surface area (Å²) in [5.74, 6) is 1.72. The number of ether oxygens (including phenoxy) is 1. The Morgan fingerprint density at radius 3 is 2.57 bits per heavy atom. The zero-order valence-electron chi connectivity index (χ0n) is 15.9. The van der Waals surface area contributed by atoms with Gasteiger partial charge in [-0.05, 0) is 84.8 Å². The summed E-state index contributed by atoms with van der Waals surface area (Å²) < 4.78 is 6.80. The fourth-order valence-corrected chi connectivity index (χ4v) is 4.93. The summed E-state index contributed by atoms with van der Waals surface area (Å²) in [7, 11) is 0. The molecule has 0 amide bonds. The molecular formula is C22H20IN3OS. The van der Waals surface area contributed by atoms with E-state index in [0.29, 0.717) is 6.61 Å². The predicted octanol–water partition coefficient (Wildman–Crippen LogP) is 6.72. The molecule has 2 aromatic heterocycles. The van der Waals surface area contributed by atoms with Crippen molar-refractivity contribution in [2.75, 3.05) is 11.9 Å². The fraction of sp³-hybridized carbons (Fsp3) is 0.182. The minimum atomic E-state index is 0.664. The highest BCUT2D eigenvalue weighted by Gasteiger charge is 2.17. The van der Waals surface area contributed by atoms with E-state index in [9.17, 15) is 0 Å². The van der Waals surface area contributed by atoms with Crippen LogP contribution in [-0.2, 0) is 0 Å². The molecule has 4 aromatic rings. The standard InChI is InChI=1S/C22H20IN3OS/c1-4-27-17-8-5-15(6-9-17)19-14(3)28-22-20(19)21(24-12-25-22)26-18-10-7-16(23)11-13(18)2/h5-12H,4H2,1-3H3,(H,24,25,26). The molecule has 0 radical (unpaired) electrons. The average Bonchev–Trinajstić information content (AvgIpc) is 3.02. The molecule has 0 saturated heterocycles. The summed E-state index contributed by atoms with van der Waals surface area (Å²) in [5.41, 5.74) is 4.56. The quantitative estimate of drug-likeness (QED) is 0.309. The van der Waals surface area contributed by atoms with Crippen LogP contribution in [0.15, 0.2) is 48.8 Å². The van der Waals surface area contributed by atoms with Crippen molar-refractivity contribution in [3.8, 4) is 16.9 Å². The molecule has 2 aromatic carbocycles. The first kappa shape index (κ1) is 19.1. The van der Waals surface area contributed by atoms with Crippen molar-refractivity contribution in [3.05, 3.63) is 62.8 Å². The Kier molecular flexibility index (Phi) is 5.50. The molecule has 0 spiro atoms. The number of halogens is 1. The van der Waals surface area contributed by atoms with Gasteiger partial charge >= 0.3 is 0 Å². The molecule has 4 nitrogen and oxygen atoms in total. The number of aryl methyl sites for hydroxylation is 2. The first-order chi connectivity index (χ1) is 13.6. The minimum absolute atomic E-state index is 0.664. The third kappa shape index (κ3) is 3.71. The highest BCUT2D eigenvalue weighted by Crippen LogP contribution is 2.41. The molecule has 4 rings (SSSR count). The predicted molar refractivity (Wildman–Crippen MR) is 126 cm³/mol. The van der Waals surface area contributed by atoms with Gasteiger partial charge in [0.05, 0.1) is 12.0 Å². The fourth-order valence-electron chi connectivity index (χ4n) is 3.27. The number of thiophene rings is 1. The Morgan fingerprint density at radius 1 is 1.07 bits per heavy atom. The third-order valence-corrected chi connectivity index (χ3v) is 6.24. The van der Waals surface area contributed by atoms with Crippen molar-refractivity contribution in [2.45, 2.75) is 20.8 Å². The van der Waals surface area contributed by atoms with Crippen molar-refractivity contribution < 1.29 is 4.74 Å². The van der Waals surface area contributed by atoms with Crippen molar-refractivity contribution in [1.82, 2.24) is 9.97 Å². The molecule has 0 unspecified atom stereocenters. The number of anilines is 2. The Hall–Kier alpha value is -2.19. The molecule has 0 atom stereocenters. The summed E-state index contributed by atoms with van der Waals surface area (Å²) in [5, 5.41) is 4.59. The molecule has 0 aliphatic rings. The number of nitrogens with zero attached hydrogens (tertiary/aromatic N) is 2. The third-order valence-electron chi connectivity index (χ3n) is 4.56. The number of rotatable bonds is 5. The van der Waals surface area contributed by atoms with E-state index in [1.54, 1.807) is 17.7 Å². The number of fused-ring (bicyclic) bond motifs is 1. The number of nitrogens with one attached hydrogen (secondary N) is 1. The lowest BCUT2D eigenvalue weighted by molar-refractivity contribution is 0.340. The maximum atomic E-state index is 5.59. The van der Waals surface area contributed by atoms with Crippen molar-refractivity contribution in [1.29, 1.82) is 0 Å². The Balaban J connectivity index is 1.82. The van der Waals surface area contributed by atoms with Gasteiger partial charge in [0.1, 0.15) is 22.7 Å². The van der Waals surface area contributed by atoms with Crippen LogP contribution in [0, 0.1) is 17.4 Å². The van der Waals surface area contributed by atoms with Gasteiger partial charge in [0.15, 0.2) is 0 Å². The van der Waals surface area contributed by atoms with Gasteiger partial charge in [-0.1, -0.05) is 12.1 Å². The van der Waals surface area contributed by atoms with Crippen LogP contribution in [-0.4, -0.2) is 16.6 Å². The van der Waals surface area contributed by atoms with E-state index < -0.39 is 0 Å². The molecule has 0 aliphatic carbocycles. The van der Waals surface area contributed by atoms with Crippen LogP contribution in [0.3, 0.4) is 0 Å². The second-order valence-electron chi connectivity index (χ2n) is 6.48. The van der Waals surface area contributed by atoms with E-state index >= 15 is 0 Å². The zero-order chi connectivity index (χ0) is 19.7. The van der Waals surface area contributed by atoms with Gasteiger partial charge in [-0.2, -0.15) is 0 Å². The molecule has 142 valence electrons. The topological polar surface area (TPSA) is 47.0 Å². The second-order valence-corrected chi connectivity index (χ2v) is 8.93. The summed E-state index contributed by atoms with van der Waals surface area (Å²) in [6, 6.07) is 14.6. The maximum Gasteiger partial charge on any atom is 0.143 e. The normalized spacial score (nSPS) is 11.0. The molecule has 1 N–H and O–H groups in total. The van der Waals surface area contributed by atoms with Gasteiger partial charge in [0.25, 0.3) is 0 Å². The van der Waals surface area contributed by atoms with Crippen LogP contribution in [0.1, 0.15) is 17.4 Å². The lowest BCUT2D eigenvalue weighted by Crippen LogP contribution is -1.98. The molecule has 0 bridgehead atoms. The van der Waals surface area contributed by atoms with E-state index in [-0.39, 0.29) is 0 Å². The van der Waals surface area contributed by atoms with Crippen LogP contribution >= 0.6 is 33.9 Å². The Labute approximate surface area is 182 Å². The van der Waals surface area contributed by atoms with Gasteiger partial charge in [-0.3, -0.25) is 0 Å². The average molecular weight is 501 g/mol. The Bertz CT molecular complexity index is 1140. The van der Waals surface area contributed by atoms with Crippen molar-refractivity contribution in [3.63, 3.8) is 0 Å². The number of hydrogen-bond acceptors (Lipinski definition) is 5. The highest BCUT2D eigenvalue weighted by molar-refractivity contribution is 14.1. The SMILES string of the molecule is CCOc1ccc(-c2c(C)sc3ncnc(Nc4ccc(I)cc4C)c23)cc1. The molecule has 0 aliphatic heterocycles. The largest absolute Gasteiger partial charge is 0.494 e. The molecule has 2 heterocycles. The number of benzene rings is 2. The van der Waals surface area contributed by atoms with Crippen molar-refractivity contribution >= 4 is 55.6 Å². The van der Waals surface area contributed by atoms with E-state index in [2.05, 4.69) is 82.1 Å². The van der Waals surface area contributed by atoms with Gasteiger partial charge in [-0.25, -0.2) is 9.97 Å². The van der Waals surface area contributed by atoms with E-state index in [0.717, 1.165) is 33.0 Å². The Morgan fingerprint density at radius 2 is 1.86 bits per heavy atom. The minimum Gasteiger partial charge on any atom is -0.494 e. The summed E-state index contributed by atoms with van der Waals surface area (Å²) >= 11 is 4.03. The molecule has 0 fully saturated rings. The monoisotopic (exact) mass is 501 g/mol. The van der Waals surface area contributed by atoms with Crippen LogP contribution in [0.4, 0.5) is 11.5 Å². The maximum absolute atomic E-state index is 5.59. The molecule has 6 heteroatoms. The van der Waals surface area contributed by atoms with Crippen molar-refractivity contribution in [2.24, 2.45) is 0 Å². The number of hydrogen-bond donors (Lipinski definition) is 1. The van der Waals surface area contributed by atoms with Crippen LogP contribution in [0.25, 0.3) is 21.3 Å². The summed E-state index contributed by atoms with van der Waals surface area (Å²) in [4.78, 5) is 11.3. The van der Waals surface area contributed by atoms with Gasteiger partial charge < -0.3 is 10.1 Å².